The molecule has 1 fully saturated rings. The van der Waals surface area contributed by atoms with Gasteiger partial charge in [-0.1, -0.05) is 0 Å². The third kappa shape index (κ3) is 3.16. The molecule has 0 unspecified atom stereocenters. The zero-order valence-electron chi connectivity index (χ0n) is 15.6. The van der Waals surface area contributed by atoms with Gasteiger partial charge in [0.05, 0.1) is 10.3 Å². The van der Waals surface area contributed by atoms with Crippen molar-refractivity contribution >= 4 is 38.4 Å². The summed E-state index contributed by atoms with van der Waals surface area (Å²) >= 11 is 1.70. The molecule has 0 atom stereocenters. The molecule has 0 aliphatic carbocycles. The van der Waals surface area contributed by atoms with E-state index in [4.69, 9.17) is 0 Å². The van der Waals surface area contributed by atoms with Gasteiger partial charge in [-0.15, -0.1) is 11.3 Å². The minimum atomic E-state index is -0.0448. The average Bonchev–Trinajstić information content (AvgIpc) is 3.32. The third-order valence-corrected chi connectivity index (χ3v) is 6.55. The minimum Gasteiger partial charge on any atom is -0.349 e. The Morgan fingerprint density at radius 2 is 2.14 bits per heavy atom. The van der Waals surface area contributed by atoms with Crippen LogP contribution in [0, 0.1) is 0 Å². The average molecular weight is 392 g/mol. The number of nitrogens with one attached hydrogen (secondary N) is 2. The molecule has 28 heavy (non-hydrogen) atoms. The van der Waals surface area contributed by atoms with Crippen LogP contribution < -0.4 is 5.32 Å². The highest BCUT2D eigenvalue weighted by molar-refractivity contribution is 7.22. The van der Waals surface area contributed by atoms with Crippen molar-refractivity contribution in [2.45, 2.75) is 18.9 Å². The summed E-state index contributed by atoms with van der Waals surface area (Å²) in [5.74, 6) is -0.0448. The number of fused-ring (bicyclic) bond motifs is 2. The number of aromatic nitrogens is 3. The molecule has 5 rings (SSSR count). The molecule has 5 heterocycles. The van der Waals surface area contributed by atoms with Crippen LogP contribution in [0.3, 0.4) is 0 Å². The topological polar surface area (TPSA) is 73.9 Å². The first-order valence-electron chi connectivity index (χ1n) is 9.48. The van der Waals surface area contributed by atoms with Crippen molar-refractivity contribution in [2.75, 3.05) is 20.1 Å². The van der Waals surface area contributed by atoms with Gasteiger partial charge in [0, 0.05) is 46.7 Å². The number of hydrogen-bond donors (Lipinski definition) is 2. The zero-order chi connectivity index (χ0) is 19.1. The van der Waals surface area contributed by atoms with E-state index >= 15 is 0 Å². The van der Waals surface area contributed by atoms with Gasteiger partial charge in [0.2, 0.25) is 0 Å². The molecule has 0 bridgehead atoms. The normalized spacial score (nSPS) is 16.0. The highest BCUT2D eigenvalue weighted by atomic mass is 32.1. The fourth-order valence-electron chi connectivity index (χ4n) is 3.77. The van der Waals surface area contributed by atoms with Crippen LogP contribution in [0.5, 0.6) is 0 Å². The predicted molar refractivity (Wildman–Crippen MR) is 113 cm³/mol. The van der Waals surface area contributed by atoms with Gasteiger partial charge in [0.25, 0.3) is 5.91 Å². The van der Waals surface area contributed by atoms with Crippen LogP contribution in [0.25, 0.3) is 31.6 Å². The Kier molecular flexibility index (Phi) is 4.33. The van der Waals surface area contributed by atoms with Crippen LogP contribution in [-0.4, -0.2) is 51.9 Å². The lowest BCUT2D eigenvalue weighted by atomic mass is 10.0. The van der Waals surface area contributed by atoms with Gasteiger partial charge in [0.15, 0.2) is 0 Å². The maximum Gasteiger partial charge on any atom is 0.253 e. The van der Waals surface area contributed by atoms with Crippen LogP contribution in [0.15, 0.2) is 43.0 Å². The molecule has 0 saturated carbocycles. The molecule has 4 aromatic heterocycles. The number of pyridine rings is 2. The predicted octanol–water partition coefficient (Wildman–Crippen LogP) is 3.66. The van der Waals surface area contributed by atoms with Gasteiger partial charge in [0.1, 0.15) is 5.65 Å². The number of aromatic amines is 1. The van der Waals surface area contributed by atoms with E-state index in [2.05, 4.69) is 38.3 Å². The molecule has 6 nitrogen and oxygen atoms in total. The molecule has 4 aromatic rings. The van der Waals surface area contributed by atoms with Crippen LogP contribution in [0.2, 0.25) is 0 Å². The SMILES string of the molecule is CN1CCC(NC(=O)c2cnc3[nH]cc(-c4cc5ccncc5s4)c3c2)CC1. The van der Waals surface area contributed by atoms with Gasteiger partial charge >= 0.3 is 0 Å². The molecule has 7 heteroatoms. The molecule has 1 aliphatic heterocycles. The lowest BCUT2D eigenvalue weighted by Gasteiger charge is -2.29. The Balaban J connectivity index is 1.45. The number of thiophene rings is 1. The summed E-state index contributed by atoms with van der Waals surface area (Å²) in [6.07, 6.45) is 9.29. The zero-order valence-corrected chi connectivity index (χ0v) is 16.4. The van der Waals surface area contributed by atoms with Gasteiger partial charge in [-0.05, 0) is 56.6 Å². The largest absolute Gasteiger partial charge is 0.349 e. The number of H-pyrrole nitrogens is 1. The Hall–Kier alpha value is -2.77. The monoisotopic (exact) mass is 391 g/mol. The lowest BCUT2D eigenvalue weighted by molar-refractivity contribution is 0.0916. The van der Waals surface area contributed by atoms with Crippen LogP contribution in [-0.2, 0) is 0 Å². The first-order chi connectivity index (χ1) is 13.7. The summed E-state index contributed by atoms with van der Waals surface area (Å²) in [5.41, 5.74) is 2.47. The summed E-state index contributed by atoms with van der Waals surface area (Å²) < 4.78 is 1.15. The molecular weight excluding hydrogens is 370 g/mol. The second-order valence-corrected chi connectivity index (χ2v) is 8.48. The number of nitrogens with zero attached hydrogens (tertiary/aromatic N) is 3. The third-order valence-electron chi connectivity index (χ3n) is 5.44. The van der Waals surface area contributed by atoms with Crippen molar-refractivity contribution in [1.82, 2.24) is 25.2 Å². The standard InChI is InChI=1S/C21H21N5OS/c1-26-6-3-15(4-7-26)25-21(27)14-8-16-17(11-24-20(16)23-10-14)18-9-13-2-5-22-12-19(13)28-18/h2,5,8-12,15H,3-4,6-7H2,1H3,(H,23,24)(H,25,27). The second kappa shape index (κ2) is 7.00. The highest BCUT2D eigenvalue weighted by Crippen LogP contribution is 2.36. The summed E-state index contributed by atoms with van der Waals surface area (Å²) in [4.78, 5) is 28.1. The second-order valence-electron chi connectivity index (χ2n) is 7.40. The molecule has 0 aromatic carbocycles. The Morgan fingerprint density at radius 3 is 2.96 bits per heavy atom. The first kappa shape index (κ1) is 17.3. The maximum absolute atomic E-state index is 12.8. The number of carbonyl (C=O) groups is 1. The summed E-state index contributed by atoms with van der Waals surface area (Å²) in [6, 6.07) is 6.36. The quantitative estimate of drug-likeness (QED) is 0.559. The van der Waals surface area contributed by atoms with Crippen LogP contribution in [0.1, 0.15) is 23.2 Å². The van der Waals surface area contributed by atoms with Gasteiger partial charge in [-0.3, -0.25) is 9.78 Å². The van der Waals surface area contributed by atoms with E-state index < -0.39 is 0 Å². The number of rotatable bonds is 3. The Labute approximate surface area is 166 Å². The van der Waals surface area contributed by atoms with E-state index in [0.29, 0.717) is 5.56 Å². The van der Waals surface area contributed by atoms with Crippen molar-refractivity contribution in [3.63, 3.8) is 0 Å². The van der Waals surface area contributed by atoms with Gasteiger partial charge in [-0.25, -0.2) is 4.98 Å². The molecule has 2 N–H and O–H groups in total. The highest BCUT2D eigenvalue weighted by Gasteiger charge is 2.20. The maximum atomic E-state index is 12.8. The van der Waals surface area contributed by atoms with E-state index in [1.807, 2.05) is 24.5 Å². The number of piperidine rings is 1. The van der Waals surface area contributed by atoms with E-state index in [9.17, 15) is 4.79 Å². The van der Waals surface area contributed by atoms with Crippen molar-refractivity contribution < 1.29 is 4.79 Å². The molecule has 142 valence electrons. The molecule has 0 radical (unpaired) electrons. The van der Waals surface area contributed by atoms with Crippen LogP contribution in [0.4, 0.5) is 0 Å². The van der Waals surface area contributed by atoms with Crippen LogP contribution >= 0.6 is 11.3 Å². The number of hydrogen-bond acceptors (Lipinski definition) is 5. The Bertz CT molecular complexity index is 1120. The lowest BCUT2D eigenvalue weighted by Crippen LogP contribution is -2.43. The van der Waals surface area contributed by atoms with E-state index in [0.717, 1.165) is 52.1 Å². The summed E-state index contributed by atoms with van der Waals surface area (Å²) in [7, 11) is 2.12. The fourth-order valence-corrected chi connectivity index (χ4v) is 4.83. The van der Waals surface area contributed by atoms with Crippen molar-refractivity contribution in [1.29, 1.82) is 0 Å². The van der Waals surface area contributed by atoms with E-state index in [-0.39, 0.29) is 11.9 Å². The first-order valence-corrected chi connectivity index (χ1v) is 10.3. The molecular formula is C21H21N5OS. The fraction of sp³-hybridized carbons (Fsp3) is 0.286. The van der Waals surface area contributed by atoms with E-state index in [1.54, 1.807) is 23.7 Å². The molecule has 1 amide bonds. The number of likely N-dealkylation sites (tertiary alicyclic amines) is 1. The summed E-state index contributed by atoms with van der Waals surface area (Å²) in [6.45, 7) is 2.04. The number of amides is 1. The summed E-state index contributed by atoms with van der Waals surface area (Å²) in [5, 5.41) is 5.31. The van der Waals surface area contributed by atoms with Crippen molar-refractivity contribution in [2.24, 2.45) is 0 Å². The van der Waals surface area contributed by atoms with Crippen molar-refractivity contribution in [3.8, 4) is 10.4 Å². The molecule has 1 saturated heterocycles. The van der Waals surface area contributed by atoms with Gasteiger partial charge < -0.3 is 15.2 Å². The molecule has 1 aliphatic rings. The Morgan fingerprint density at radius 1 is 1.29 bits per heavy atom. The molecule has 0 spiro atoms. The van der Waals surface area contributed by atoms with Gasteiger partial charge in [-0.2, -0.15) is 0 Å². The minimum absolute atomic E-state index is 0.0448. The van der Waals surface area contributed by atoms with E-state index in [1.165, 1.54) is 5.39 Å². The smallest absolute Gasteiger partial charge is 0.253 e. The van der Waals surface area contributed by atoms with Crippen molar-refractivity contribution in [3.05, 3.63) is 48.5 Å². The number of carbonyl (C=O) groups excluding carboxylic acids is 1.